The SMILES string of the molecule is N=C(N)c1ccc(C2=NO[C@@H](CC(=O)NC[C@H](NS(=O)(=O)c3ccccc3C(F)(F)F)C(=O)O)C2)cc1. The molecule has 2 atom stereocenters. The third-order valence-corrected chi connectivity index (χ3v) is 6.79. The van der Waals surface area contributed by atoms with Crippen molar-refractivity contribution in [3.05, 3.63) is 65.2 Å². The normalized spacial score (nSPS) is 16.4. The smallest absolute Gasteiger partial charge is 0.417 e. The van der Waals surface area contributed by atoms with Crippen LogP contribution in [0.25, 0.3) is 0 Å². The summed E-state index contributed by atoms with van der Waals surface area (Å²) in [4.78, 5) is 28.0. The molecule has 15 heteroatoms. The van der Waals surface area contributed by atoms with E-state index in [9.17, 15) is 36.3 Å². The molecule has 0 unspecified atom stereocenters. The monoisotopic (exact) mass is 541 g/mol. The van der Waals surface area contributed by atoms with Crippen LogP contribution in [0.4, 0.5) is 13.2 Å². The van der Waals surface area contributed by atoms with E-state index in [2.05, 4.69) is 10.5 Å². The van der Waals surface area contributed by atoms with E-state index in [1.165, 1.54) is 0 Å². The number of nitrogen functional groups attached to an aromatic ring is 1. The number of sulfonamides is 1. The fourth-order valence-electron chi connectivity index (χ4n) is 3.41. The second-order valence-electron chi connectivity index (χ2n) is 7.97. The van der Waals surface area contributed by atoms with Gasteiger partial charge < -0.3 is 21.0 Å². The molecule has 6 N–H and O–H groups in total. The number of nitrogens with two attached hydrogens (primary N) is 1. The zero-order valence-corrected chi connectivity index (χ0v) is 19.8. The van der Waals surface area contributed by atoms with Crippen LogP contribution in [0.2, 0.25) is 0 Å². The van der Waals surface area contributed by atoms with Gasteiger partial charge in [0.1, 0.15) is 18.0 Å². The molecular formula is C22H22F3N5O6S. The second kappa shape index (κ2) is 11.0. The molecule has 1 heterocycles. The lowest BCUT2D eigenvalue weighted by Crippen LogP contribution is -2.48. The van der Waals surface area contributed by atoms with Gasteiger partial charge in [0.25, 0.3) is 0 Å². The third-order valence-electron chi connectivity index (χ3n) is 5.26. The number of hydrogen-bond acceptors (Lipinski definition) is 7. The van der Waals surface area contributed by atoms with E-state index >= 15 is 0 Å². The molecule has 37 heavy (non-hydrogen) atoms. The molecule has 1 aliphatic heterocycles. The Bertz CT molecular complexity index is 1330. The minimum Gasteiger partial charge on any atom is -0.480 e. The maximum absolute atomic E-state index is 13.2. The van der Waals surface area contributed by atoms with Crippen LogP contribution in [0.5, 0.6) is 0 Å². The van der Waals surface area contributed by atoms with Crippen LogP contribution in [0.15, 0.2) is 58.6 Å². The van der Waals surface area contributed by atoms with Gasteiger partial charge in [-0.25, -0.2) is 8.42 Å². The molecule has 0 aromatic heterocycles. The van der Waals surface area contributed by atoms with Crippen molar-refractivity contribution in [2.45, 2.75) is 36.1 Å². The molecule has 0 radical (unpaired) electrons. The van der Waals surface area contributed by atoms with Gasteiger partial charge in [0.15, 0.2) is 0 Å². The van der Waals surface area contributed by atoms with Gasteiger partial charge in [-0.1, -0.05) is 41.6 Å². The molecule has 0 aliphatic carbocycles. The highest BCUT2D eigenvalue weighted by atomic mass is 32.2. The average Bonchev–Trinajstić information content (AvgIpc) is 3.29. The Balaban J connectivity index is 1.57. The molecule has 198 valence electrons. The maximum atomic E-state index is 13.2. The van der Waals surface area contributed by atoms with E-state index in [4.69, 9.17) is 16.0 Å². The predicted molar refractivity (Wildman–Crippen MR) is 124 cm³/mol. The molecule has 0 bridgehead atoms. The Morgan fingerprint density at radius 1 is 1.19 bits per heavy atom. The van der Waals surface area contributed by atoms with Gasteiger partial charge in [0, 0.05) is 18.5 Å². The summed E-state index contributed by atoms with van der Waals surface area (Å²) in [7, 11) is -4.90. The van der Waals surface area contributed by atoms with Crippen LogP contribution in [-0.4, -0.2) is 55.6 Å². The Labute approximate surface area is 209 Å². The Morgan fingerprint density at radius 3 is 2.43 bits per heavy atom. The van der Waals surface area contributed by atoms with Crippen molar-refractivity contribution < 1.29 is 41.1 Å². The molecule has 11 nitrogen and oxygen atoms in total. The number of nitrogens with zero attached hydrogens (tertiary/aromatic N) is 1. The molecular weight excluding hydrogens is 519 g/mol. The fourth-order valence-corrected chi connectivity index (χ4v) is 4.83. The standard InChI is InChI=1S/C22H22F3N5O6S/c23-22(24,25)15-3-1-2-4-18(15)37(34,35)30-17(21(32)33)11-28-19(31)10-14-9-16(29-36-14)12-5-7-13(8-6-12)20(26)27/h1-8,14,17,30H,9-11H2,(H3,26,27)(H,28,31)(H,32,33)/t14-,17+/m1/s1. The Morgan fingerprint density at radius 2 is 1.84 bits per heavy atom. The van der Waals surface area contributed by atoms with Crippen molar-refractivity contribution in [3.63, 3.8) is 0 Å². The highest BCUT2D eigenvalue weighted by Gasteiger charge is 2.38. The molecule has 0 saturated heterocycles. The van der Waals surface area contributed by atoms with Gasteiger partial charge in [0.2, 0.25) is 15.9 Å². The molecule has 3 rings (SSSR count). The highest BCUT2D eigenvalue weighted by Crippen LogP contribution is 2.33. The minimum atomic E-state index is -4.99. The summed E-state index contributed by atoms with van der Waals surface area (Å²) >= 11 is 0. The Hall–Kier alpha value is -3.98. The van der Waals surface area contributed by atoms with Gasteiger partial charge in [-0.15, -0.1) is 0 Å². The molecule has 0 fully saturated rings. The van der Waals surface area contributed by atoms with Crippen LogP contribution in [0, 0.1) is 5.41 Å². The number of halogens is 3. The van der Waals surface area contributed by atoms with Gasteiger partial charge >= 0.3 is 12.1 Å². The zero-order chi connectivity index (χ0) is 27.4. The number of aliphatic carboxylic acids is 1. The van der Waals surface area contributed by atoms with Crippen LogP contribution in [-0.2, 0) is 30.6 Å². The predicted octanol–water partition coefficient (Wildman–Crippen LogP) is 1.42. The van der Waals surface area contributed by atoms with Crippen LogP contribution < -0.4 is 15.8 Å². The summed E-state index contributed by atoms with van der Waals surface area (Å²) in [6.45, 7) is -0.728. The molecule has 1 aliphatic rings. The number of nitrogens with one attached hydrogen (secondary N) is 3. The molecule has 1 amide bonds. The fraction of sp³-hybridized carbons (Fsp3) is 0.273. The zero-order valence-electron chi connectivity index (χ0n) is 18.9. The number of hydrogen-bond donors (Lipinski definition) is 5. The van der Waals surface area contributed by atoms with Crippen LogP contribution in [0.3, 0.4) is 0 Å². The van der Waals surface area contributed by atoms with Crippen molar-refractivity contribution in [3.8, 4) is 0 Å². The Kier molecular flexibility index (Phi) is 8.18. The van der Waals surface area contributed by atoms with Crippen molar-refractivity contribution in [2.75, 3.05) is 6.54 Å². The van der Waals surface area contributed by atoms with E-state index in [0.717, 1.165) is 12.1 Å². The topological polar surface area (TPSA) is 184 Å². The second-order valence-corrected chi connectivity index (χ2v) is 9.66. The van der Waals surface area contributed by atoms with Crippen molar-refractivity contribution in [1.29, 1.82) is 5.41 Å². The first kappa shape index (κ1) is 27.6. The van der Waals surface area contributed by atoms with Crippen molar-refractivity contribution >= 4 is 33.4 Å². The molecule has 0 saturated carbocycles. The third kappa shape index (κ3) is 7.04. The highest BCUT2D eigenvalue weighted by molar-refractivity contribution is 7.89. The number of carboxylic acid groups (broad SMARTS) is 1. The number of benzene rings is 2. The van der Waals surface area contributed by atoms with Gasteiger partial charge in [0.05, 0.1) is 22.6 Å². The number of oxime groups is 1. The van der Waals surface area contributed by atoms with Crippen molar-refractivity contribution in [2.24, 2.45) is 10.9 Å². The molecule has 2 aromatic rings. The lowest BCUT2D eigenvalue weighted by molar-refractivity contribution is -0.140. The summed E-state index contributed by atoms with van der Waals surface area (Å²) < 4.78 is 66.4. The summed E-state index contributed by atoms with van der Waals surface area (Å²) in [6.07, 6.45) is -5.67. The van der Waals surface area contributed by atoms with Gasteiger partial charge in [-0.3, -0.25) is 15.0 Å². The maximum Gasteiger partial charge on any atom is 0.417 e. The lowest BCUT2D eigenvalue weighted by Gasteiger charge is -2.18. The van der Waals surface area contributed by atoms with E-state index < -0.39 is 57.2 Å². The number of rotatable bonds is 10. The first-order valence-corrected chi connectivity index (χ1v) is 12.1. The summed E-state index contributed by atoms with van der Waals surface area (Å²) in [5.74, 6) is -2.49. The minimum absolute atomic E-state index is 0.0998. The number of carbonyl (C=O) groups is 2. The quantitative estimate of drug-likeness (QED) is 0.222. The number of amidine groups is 1. The number of carbonyl (C=O) groups excluding carboxylic acids is 1. The van der Waals surface area contributed by atoms with Crippen molar-refractivity contribution in [1.82, 2.24) is 10.0 Å². The average molecular weight is 542 g/mol. The van der Waals surface area contributed by atoms with E-state index in [-0.39, 0.29) is 18.7 Å². The van der Waals surface area contributed by atoms with Gasteiger partial charge in [-0.2, -0.15) is 17.9 Å². The molecule has 2 aromatic carbocycles. The number of amides is 1. The summed E-state index contributed by atoms with van der Waals surface area (Å²) in [5, 5.41) is 22.9. The lowest BCUT2D eigenvalue weighted by atomic mass is 10.0. The summed E-state index contributed by atoms with van der Waals surface area (Å²) in [5.41, 5.74) is 5.70. The van der Waals surface area contributed by atoms with E-state index in [0.29, 0.717) is 29.0 Å². The van der Waals surface area contributed by atoms with E-state index in [1.54, 1.807) is 29.0 Å². The van der Waals surface area contributed by atoms with Crippen LogP contribution >= 0.6 is 0 Å². The van der Waals surface area contributed by atoms with E-state index in [1.807, 2.05) is 0 Å². The first-order valence-electron chi connectivity index (χ1n) is 10.6. The number of alkyl halides is 3. The summed E-state index contributed by atoms with van der Waals surface area (Å²) in [6, 6.07) is 8.00. The van der Waals surface area contributed by atoms with Crippen LogP contribution in [0.1, 0.15) is 29.5 Å². The number of carboxylic acids is 1. The first-order chi connectivity index (χ1) is 17.3. The molecule has 0 spiro atoms. The largest absolute Gasteiger partial charge is 0.480 e. The van der Waals surface area contributed by atoms with Gasteiger partial charge in [-0.05, 0) is 17.7 Å².